The van der Waals surface area contributed by atoms with Gasteiger partial charge in [0, 0.05) is 22.8 Å². The normalized spacial score (nSPS) is 13.0. The highest BCUT2D eigenvalue weighted by molar-refractivity contribution is 6.13. The van der Waals surface area contributed by atoms with Crippen molar-refractivity contribution in [3.05, 3.63) is 65.4 Å². The number of hydrogen-bond donors (Lipinski definition) is 2. The van der Waals surface area contributed by atoms with Crippen molar-refractivity contribution in [3.63, 3.8) is 0 Å². The van der Waals surface area contributed by atoms with Gasteiger partial charge in [0.15, 0.2) is 0 Å². The molecule has 0 saturated carbocycles. The number of pyridine rings is 1. The molecule has 0 radical (unpaired) electrons. The number of aromatic nitrogens is 1. The number of hydrogen-bond acceptors (Lipinski definition) is 3. The van der Waals surface area contributed by atoms with Crippen LogP contribution in [0, 0.1) is 0 Å². The highest BCUT2D eigenvalue weighted by atomic mass is 16.3. The molecule has 0 spiro atoms. The van der Waals surface area contributed by atoms with E-state index in [9.17, 15) is 9.90 Å². The third-order valence-electron chi connectivity index (χ3n) is 4.25. The molecule has 0 fully saturated rings. The number of aromatic hydroxyl groups is 1. The molecule has 0 saturated heterocycles. The third-order valence-corrected chi connectivity index (χ3v) is 4.25. The molecule has 0 atom stereocenters. The van der Waals surface area contributed by atoms with Crippen LogP contribution in [-0.2, 0) is 12.8 Å². The third kappa shape index (κ3) is 2.42. The average Bonchev–Trinajstić information content (AvgIpc) is 3.00. The molecule has 0 bridgehead atoms. The molecule has 0 unspecified atom stereocenters. The number of nitrogens with one attached hydrogen (secondary N) is 1. The zero-order valence-corrected chi connectivity index (χ0v) is 12.5. The zero-order chi connectivity index (χ0) is 15.8. The molecular formula is C19H16N2O2. The Kier molecular flexibility index (Phi) is 3.23. The van der Waals surface area contributed by atoms with Crippen LogP contribution < -0.4 is 5.32 Å². The van der Waals surface area contributed by atoms with Gasteiger partial charge in [-0.1, -0.05) is 24.3 Å². The van der Waals surface area contributed by atoms with Gasteiger partial charge in [-0.2, -0.15) is 0 Å². The summed E-state index contributed by atoms with van der Waals surface area (Å²) in [6.07, 6.45) is 2.84. The Morgan fingerprint density at radius 1 is 1.09 bits per heavy atom. The molecule has 4 rings (SSSR count). The molecular weight excluding hydrogens is 288 g/mol. The Morgan fingerprint density at radius 2 is 1.96 bits per heavy atom. The minimum Gasteiger partial charge on any atom is -0.508 e. The van der Waals surface area contributed by atoms with Crippen molar-refractivity contribution in [2.75, 3.05) is 5.32 Å². The summed E-state index contributed by atoms with van der Waals surface area (Å²) in [7, 11) is 0. The second kappa shape index (κ2) is 5.39. The van der Waals surface area contributed by atoms with E-state index >= 15 is 0 Å². The van der Waals surface area contributed by atoms with Crippen molar-refractivity contribution in [1.82, 2.24) is 4.98 Å². The van der Waals surface area contributed by atoms with Gasteiger partial charge in [0.2, 0.25) is 0 Å². The first-order valence-electron chi connectivity index (χ1n) is 7.73. The van der Waals surface area contributed by atoms with E-state index in [-0.39, 0.29) is 11.7 Å². The van der Waals surface area contributed by atoms with Crippen LogP contribution in [0.1, 0.15) is 28.0 Å². The largest absolute Gasteiger partial charge is 0.508 e. The fourth-order valence-electron chi connectivity index (χ4n) is 3.25. The summed E-state index contributed by atoms with van der Waals surface area (Å²) in [5.74, 6) is -0.0139. The SMILES string of the molecule is O=C(Nc1cccc(O)c1)c1c2c(nc3ccccc13)CCC2. The topological polar surface area (TPSA) is 62.2 Å². The van der Waals surface area contributed by atoms with Gasteiger partial charge in [-0.15, -0.1) is 0 Å². The monoisotopic (exact) mass is 304 g/mol. The van der Waals surface area contributed by atoms with E-state index in [0.717, 1.165) is 41.4 Å². The number of anilines is 1. The zero-order valence-electron chi connectivity index (χ0n) is 12.5. The van der Waals surface area contributed by atoms with Crippen LogP contribution in [-0.4, -0.2) is 16.0 Å². The number of aryl methyl sites for hydroxylation is 1. The van der Waals surface area contributed by atoms with E-state index in [0.29, 0.717) is 11.3 Å². The van der Waals surface area contributed by atoms with E-state index in [4.69, 9.17) is 4.98 Å². The average molecular weight is 304 g/mol. The van der Waals surface area contributed by atoms with Crippen molar-refractivity contribution < 1.29 is 9.90 Å². The summed E-state index contributed by atoms with van der Waals surface area (Å²) in [4.78, 5) is 17.6. The number of phenols is 1. The standard InChI is InChI=1S/C19H16N2O2/c22-13-6-3-5-12(11-13)20-19(23)18-14-7-1-2-9-16(14)21-17-10-4-8-15(17)18/h1-3,5-7,9,11,22H,4,8,10H2,(H,20,23). The Labute approximate surface area is 133 Å². The van der Waals surface area contributed by atoms with Gasteiger partial charge in [-0.05, 0) is 43.0 Å². The van der Waals surface area contributed by atoms with Crippen molar-refractivity contribution in [1.29, 1.82) is 0 Å². The highest BCUT2D eigenvalue weighted by Gasteiger charge is 2.23. The minimum atomic E-state index is -0.146. The van der Waals surface area contributed by atoms with Crippen LogP contribution in [0.5, 0.6) is 5.75 Å². The molecule has 1 amide bonds. The Morgan fingerprint density at radius 3 is 2.83 bits per heavy atom. The smallest absolute Gasteiger partial charge is 0.256 e. The Balaban J connectivity index is 1.83. The number of fused-ring (bicyclic) bond motifs is 2. The number of carbonyl (C=O) groups is 1. The van der Waals surface area contributed by atoms with E-state index < -0.39 is 0 Å². The van der Waals surface area contributed by atoms with Gasteiger partial charge in [0.25, 0.3) is 5.91 Å². The molecule has 23 heavy (non-hydrogen) atoms. The lowest BCUT2D eigenvalue weighted by Crippen LogP contribution is -2.15. The number of rotatable bonds is 2. The second-order valence-electron chi connectivity index (χ2n) is 5.79. The lowest BCUT2D eigenvalue weighted by atomic mass is 10.0. The van der Waals surface area contributed by atoms with Crippen molar-refractivity contribution in [3.8, 4) is 5.75 Å². The summed E-state index contributed by atoms with van der Waals surface area (Å²) < 4.78 is 0. The van der Waals surface area contributed by atoms with E-state index in [2.05, 4.69) is 5.32 Å². The first-order valence-corrected chi connectivity index (χ1v) is 7.73. The van der Waals surface area contributed by atoms with Gasteiger partial charge < -0.3 is 10.4 Å². The summed E-state index contributed by atoms with van der Waals surface area (Å²) in [6, 6.07) is 14.3. The van der Waals surface area contributed by atoms with Gasteiger partial charge in [-0.3, -0.25) is 9.78 Å². The van der Waals surface area contributed by atoms with Gasteiger partial charge in [0.05, 0.1) is 11.1 Å². The number of benzene rings is 2. The summed E-state index contributed by atoms with van der Waals surface area (Å²) in [5.41, 5.74) is 4.24. The number of carbonyl (C=O) groups excluding carboxylic acids is 1. The summed E-state index contributed by atoms with van der Waals surface area (Å²) >= 11 is 0. The minimum absolute atomic E-state index is 0.132. The molecule has 0 aliphatic heterocycles. The van der Waals surface area contributed by atoms with E-state index in [1.165, 1.54) is 0 Å². The molecule has 1 aliphatic rings. The van der Waals surface area contributed by atoms with Gasteiger partial charge in [-0.25, -0.2) is 0 Å². The molecule has 1 aromatic heterocycles. The molecule has 1 heterocycles. The highest BCUT2D eigenvalue weighted by Crippen LogP contribution is 2.30. The molecule has 2 N–H and O–H groups in total. The first-order chi connectivity index (χ1) is 11.2. The second-order valence-corrected chi connectivity index (χ2v) is 5.79. The maximum Gasteiger partial charge on any atom is 0.256 e. The molecule has 114 valence electrons. The molecule has 4 nitrogen and oxygen atoms in total. The lowest BCUT2D eigenvalue weighted by Gasteiger charge is -2.13. The number of para-hydroxylation sites is 1. The van der Waals surface area contributed by atoms with Crippen molar-refractivity contribution in [2.45, 2.75) is 19.3 Å². The first kappa shape index (κ1) is 13.8. The lowest BCUT2D eigenvalue weighted by molar-refractivity contribution is 0.102. The van der Waals surface area contributed by atoms with Crippen LogP contribution in [0.3, 0.4) is 0 Å². The molecule has 4 heteroatoms. The fraction of sp³-hybridized carbons (Fsp3) is 0.158. The van der Waals surface area contributed by atoms with E-state index in [1.807, 2.05) is 24.3 Å². The number of amides is 1. The van der Waals surface area contributed by atoms with Gasteiger partial charge >= 0.3 is 0 Å². The fourth-order valence-corrected chi connectivity index (χ4v) is 3.25. The Bertz CT molecular complexity index is 918. The summed E-state index contributed by atoms with van der Waals surface area (Å²) in [6.45, 7) is 0. The van der Waals surface area contributed by atoms with Crippen LogP contribution in [0.4, 0.5) is 5.69 Å². The maximum atomic E-state index is 12.9. The maximum absolute atomic E-state index is 12.9. The molecule has 2 aromatic carbocycles. The molecule has 3 aromatic rings. The van der Waals surface area contributed by atoms with Crippen LogP contribution in [0.15, 0.2) is 48.5 Å². The van der Waals surface area contributed by atoms with Crippen molar-refractivity contribution in [2.24, 2.45) is 0 Å². The summed E-state index contributed by atoms with van der Waals surface area (Å²) in [5, 5.41) is 13.3. The molecule has 1 aliphatic carbocycles. The predicted octanol–water partition coefficient (Wildman–Crippen LogP) is 3.68. The van der Waals surface area contributed by atoms with Crippen LogP contribution in [0.25, 0.3) is 10.9 Å². The number of phenolic OH excluding ortho intramolecular Hbond substituents is 1. The Hall–Kier alpha value is -2.88. The van der Waals surface area contributed by atoms with Gasteiger partial charge in [0.1, 0.15) is 5.75 Å². The van der Waals surface area contributed by atoms with Crippen LogP contribution in [0.2, 0.25) is 0 Å². The van der Waals surface area contributed by atoms with E-state index in [1.54, 1.807) is 24.3 Å². The van der Waals surface area contributed by atoms with Crippen LogP contribution >= 0.6 is 0 Å². The predicted molar refractivity (Wildman–Crippen MR) is 89.8 cm³/mol. The number of nitrogens with zero attached hydrogens (tertiary/aromatic N) is 1. The quantitative estimate of drug-likeness (QED) is 0.759. The van der Waals surface area contributed by atoms with Crippen molar-refractivity contribution >= 4 is 22.5 Å².